The molecule has 0 aliphatic carbocycles. The van der Waals surface area contributed by atoms with E-state index in [0.29, 0.717) is 91.5 Å². The summed E-state index contributed by atoms with van der Waals surface area (Å²) in [5, 5.41) is 8.01. The summed E-state index contributed by atoms with van der Waals surface area (Å²) >= 11 is 17.9. The minimum Gasteiger partial charge on any atom is -0.353 e. The molecule has 3 atom stereocenters. The van der Waals surface area contributed by atoms with Crippen molar-refractivity contribution in [2.45, 2.75) is 57.9 Å². The van der Waals surface area contributed by atoms with Crippen molar-refractivity contribution < 1.29 is 19.2 Å². The molecule has 4 heterocycles. The van der Waals surface area contributed by atoms with Crippen LogP contribution in [0.15, 0.2) is 140 Å². The van der Waals surface area contributed by atoms with E-state index in [1.165, 1.54) is 5.56 Å². The first-order valence-electron chi connectivity index (χ1n) is 24.2. The van der Waals surface area contributed by atoms with E-state index in [1.54, 1.807) is 18.5 Å². The van der Waals surface area contributed by atoms with Crippen molar-refractivity contribution in [2.24, 2.45) is 0 Å². The van der Waals surface area contributed by atoms with Gasteiger partial charge in [-0.1, -0.05) is 102 Å². The number of anilines is 2. The molecule has 2 aliphatic heterocycles. The fourth-order valence-corrected chi connectivity index (χ4v) is 9.05. The molecule has 2 aliphatic rings. The number of nitrogens with one attached hydrogen (secondary N) is 2. The van der Waals surface area contributed by atoms with Crippen molar-refractivity contribution in [3.63, 3.8) is 0 Å². The monoisotopic (exact) mass is 1010 g/mol. The number of carbonyl (C=O) groups excluding carboxylic acids is 4. The summed E-state index contributed by atoms with van der Waals surface area (Å²) in [6, 6.07) is 40.2. The summed E-state index contributed by atoms with van der Waals surface area (Å²) in [5.74, 6) is 1.18. The maximum atomic E-state index is 13.0. The van der Waals surface area contributed by atoms with Crippen molar-refractivity contribution in [2.75, 3.05) is 68.7 Å². The standard InChI is InChI=1S/C29H33ClN4O2.C27H28Cl2N4O2/c1-21(8-9-23-6-4-3-5-7-23)32-28(35)25-12-15-27(31-20-25)33-16-18-34(19-17-33)29(36)22(2)24-10-13-26(30)14-11-24;1-19(21-5-8-23(28)9-6-21)27(35)33-15-13-32(14-16-33)25-10-7-22(18-31-25)26(34)30-12-11-20-3-2-4-24(29)17-20/h3-7,10-15,20-22H,8-9,16-19H2,1-2H3,(H,32,35);2-10,17-19H,11-16H2,1H3,(H,30,34). The van der Waals surface area contributed by atoms with Crippen LogP contribution in [-0.4, -0.2) is 108 Å². The van der Waals surface area contributed by atoms with Gasteiger partial charge >= 0.3 is 0 Å². The van der Waals surface area contributed by atoms with Crippen LogP contribution in [0.1, 0.15) is 82.0 Å². The highest BCUT2D eigenvalue weighted by Gasteiger charge is 2.28. The molecule has 15 heteroatoms. The molecule has 4 aromatic carbocycles. The average Bonchev–Trinajstić information content (AvgIpc) is 3.40. The minimum absolute atomic E-state index is 0.0678. The highest BCUT2D eigenvalue weighted by atomic mass is 35.5. The second-order valence-electron chi connectivity index (χ2n) is 18.0. The predicted molar refractivity (Wildman–Crippen MR) is 285 cm³/mol. The Bertz CT molecular complexity index is 2680. The van der Waals surface area contributed by atoms with E-state index in [4.69, 9.17) is 34.8 Å². The lowest BCUT2D eigenvalue weighted by molar-refractivity contribution is -0.133. The second kappa shape index (κ2) is 25.6. The highest BCUT2D eigenvalue weighted by Crippen LogP contribution is 2.24. The lowest BCUT2D eigenvalue weighted by atomic mass is 9.99. The number of aromatic nitrogens is 2. The van der Waals surface area contributed by atoms with Crippen LogP contribution in [0.4, 0.5) is 11.6 Å². The number of piperazine rings is 2. The Labute approximate surface area is 432 Å². The molecule has 12 nitrogen and oxygen atoms in total. The molecule has 370 valence electrons. The Morgan fingerprint density at radius 3 is 1.46 bits per heavy atom. The SMILES string of the molecule is CC(C(=O)N1CCN(c2ccc(C(=O)NCCc3cccc(Cl)c3)cn2)CC1)c1ccc(Cl)cc1.CC(CCc1ccccc1)NC(=O)c1ccc(N2CCN(C(=O)C(C)c3ccc(Cl)cc3)CC2)nc1. The Morgan fingerprint density at radius 2 is 1.00 bits per heavy atom. The first-order chi connectivity index (χ1) is 34.3. The zero-order valence-corrected chi connectivity index (χ0v) is 42.7. The fourth-order valence-electron chi connectivity index (χ4n) is 8.58. The van der Waals surface area contributed by atoms with Crippen molar-refractivity contribution in [3.8, 4) is 0 Å². The molecular weight excluding hydrogens is 955 g/mol. The van der Waals surface area contributed by atoms with Gasteiger partial charge in [-0.15, -0.1) is 0 Å². The van der Waals surface area contributed by atoms with Gasteiger partial charge < -0.3 is 30.2 Å². The maximum absolute atomic E-state index is 13.0. The van der Waals surface area contributed by atoms with E-state index in [0.717, 1.165) is 41.2 Å². The van der Waals surface area contributed by atoms with Crippen LogP contribution < -0.4 is 20.4 Å². The number of rotatable bonds is 15. The molecule has 2 N–H and O–H groups in total. The van der Waals surface area contributed by atoms with Crippen LogP contribution in [0.5, 0.6) is 0 Å². The molecule has 2 saturated heterocycles. The largest absolute Gasteiger partial charge is 0.353 e. The van der Waals surface area contributed by atoms with E-state index >= 15 is 0 Å². The van der Waals surface area contributed by atoms with E-state index in [-0.39, 0.29) is 41.5 Å². The Hall–Kier alpha value is -6.47. The molecular formula is C56H61Cl3N8O4. The average molecular weight is 1020 g/mol. The molecule has 3 unspecified atom stereocenters. The summed E-state index contributed by atoms with van der Waals surface area (Å²) < 4.78 is 0. The number of hydrogen-bond acceptors (Lipinski definition) is 8. The van der Waals surface area contributed by atoms with Crippen LogP contribution in [0.25, 0.3) is 0 Å². The van der Waals surface area contributed by atoms with Gasteiger partial charge in [0.05, 0.1) is 23.0 Å². The molecule has 8 rings (SSSR count). The quantitative estimate of drug-likeness (QED) is 0.104. The molecule has 71 heavy (non-hydrogen) atoms. The number of carbonyl (C=O) groups is 4. The third kappa shape index (κ3) is 15.0. The zero-order chi connectivity index (χ0) is 50.3. The third-order valence-corrected chi connectivity index (χ3v) is 13.7. The zero-order valence-electron chi connectivity index (χ0n) is 40.4. The fraction of sp³-hybridized carbons (Fsp3) is 0.321. The number of halogens is 3. The highest BCUT2D eigenvalue weighted by molar-refractivity contribution is 6.31. The Morgan fingerprint density at radius 1 is 0.521 bits per heavy atom. The predicted octanol–water partition coefficient (Wildman–Crippen LogP) is 9.75. The van der Waals surface area contributed by atoms with Crippen LogP contribution in [0.3, 0.4) is 0 Å². The first-order valence-corrected chi connectivity index (χ1v) is 25.3. The summed E-state index contributed by atoms with van der Waals surface area (Å²) in [7, 11) is 0. The van der Waals surface area contributed by atoms with Gasteiger partial charge in [0.15, 0.2) is 0 Å². The lowest BCUT2D eigenvalue weighted by Crippen LogP contribution is -2.50. The van der Waals surface area contributed by atoms with Gasteiger partial charge in [-0.3, -0.25) is 19.2 Å². The molecule has 0 radical (unpaired) electrons. The normalized spacial score (nSPS) is 14.9. The Kier molecular flexibility index (Phi) is 18.9. The molecule has 0 saturated carbocycles. The second-order valence-corrected chi connectivity index (χ2v) is 19.3. The van der Waals surface area contributed by atoms with Gasteiger partial charge in [0.1, 0.15) is 11.6 Å². The third-order valence-electron chi connectivity index (χ3n) is 13.0. The Balaban J connectivity index is 0.000000209. The van der Waals surface area contributed by atoms with Crippen LogP contribution >= 0.6 is 34.8 Å². The number of hydrogen-bond donors (Lipinski definition) is 2. The number of pyridine rings is 2. The summed E-state index contributed by atoms with van der Waals surface area (Å²) in [6.45, 7) is 11.7. The van der Waals surface area contributed by atoms with Gasteiger partial charge in [0, 0.05) is 92.4 Å². The van der Waals surface area contributed by atoms with E-state index in [1.807, 2.05) is 140 Å². The number of aryl methyl sites for hydroxylation is 1. The number of amides is 4. The number of nitrogens with zero attached hydrogens (tertiary/aromatic N) is 6. The van der Waals surface area contributed by atoms with Gasteiger partial charge in [-0.05, 0) is 123 Å². The molecule has 6 aromatic rings. The van der Waals surface area contributed by atoms with Gasteiger partial charge in [-0.25, -0.2) is 9.97 Å². The van der Waals surface area contributed by atoms with Crippen molar-refractivity contribution >= 4 is 70.1 Å². The van der Waals surface area contributed by atoms with Gasteiger partial charge in [0.2, 0.25) is 11.8 Å². The van der Waals surface area contributed by atoms with E-state index in [9.17, 15) is 19.2 Å². The van der Waals surface area contributed by atoms with E-state index < -0.39 is 0 Å². The molecule has 2 aromatic heterocycles. The molecule has 2 fully saturated rings. The summed E-state index contributed by atoms with van der Waals surface area (Å²) in [6.07, 6.45) is 5.74. The first kappa shape index (κ1) is 52.4. The summed E-state index contributed by atoms with van der Waals surface area (Å²) in [4.78, 5) is 68.2. The van der Waals surface area contributed by atoms with Crippen molar-refractivity contribution in [1.82, 2.24) is 30.4 Å². The smallest absolute Gasteiger partial charge is 0.253 e. The maximum Gasteiger partial charge on any atom is 0.253 e. The lowest BCUT2D eigenvalue weighted by Gasteiger charge is -2.36. The van der Waals surface area contributed by atoms with Crippen LogP contribution in [0, 0.1) is 0 Å². The van der Waals surface area contributed by atoms with Crippen LogP contribution in [-0.2, 0) is 22.4 Å². The van der Waals surface area contributed by atoms with E-state index in [2.05, 4.69) is 42.5 Å². The summed E-state index contributed by atoms with van der Waals surface area (Å²) in [5.41, 5.74) is 5.35. The molecule has 4 amide bonds. The van der Waals surface area contributed by atoms with Crippen LogP contribution in [0.2, 0.25) is 15.1 Å². The molecule has 0 spiro atoms. The van der Waals surface area contributed by atoms with Gasteiger partial charge in [0.25, 0.3) is 11.8 Å². The topological polar surface area (TPSA) is 131 Å². The number of benzene rings is 4. The van der Waals surface area contributed by atoms with Gasteiger partial charge in [-0.2, -0.15) is 0 Å². The van der Waals surface area contributed by atoms with Crippen molar-refractivity contribution in [1.29, 1.82) is 0 Å². The van der Waals surface area contributed by atoms with Crippen molar-refractivity contribution in [3.05, 3.63) is 188 Å². The molecule has 0 bridgehead atoms. The minimum atomic E-state index is -0.214.